The first-order valence-corrected chi connectivity index (χ1v) is 9.45. The zero-order valence-electron chi connectivity index (χ0n) is 17.0. The number of amides is 2. The Morgan fingerprint density at radius 3 is 2.56 bits per heavy atom. The summed E-state index contributed by atoms with van der Waals surface area (Å²) < 4.78 is 0. The SMILES string of the molecule is CCc1ccc(C(C)N(C)C(=O)C2=CC(C)NC(NC(=O)C(C)C)=C2)cn1. The van der Waals surface area contributed by atoms with Crippen LogP contribution in [0.5, 0.6) is 0 Å². The number of likely N-dealkylation sites (N-methyl/N-ethyl adjacent to an activating group) is 1. The number of rotatable bonds is 6. The number of carbonyl (C=O) groups excluding carboxylic acids is 2. The predicted octanol–water partition coefficient (Wildman–Crippen LogP) is 2.70. The van der Waals surface area contributed by atoms with Crippen molar-refractivity contribution in [3.05, 3.63) is 53.1 Å². The topological polar surface area (TPSA) is 74.3 Å². The molecular formula is C21H30N4O2. The molecule has 1 aliphatic rings. The molecule has 2 atom stereocenters. The van der Waals surface area contributed by atoms with Crippen LogP contribution in [0.3, 0.4) is 0 Å². The van der Waals surface area contributed by atoms with Crippen LogP contribution < -0.4 is 10.6 Å². The molecule has 0 aliphatic carbocycles. The first-order chi connectivity index (χ1) is 12.7. The first kappa shape index (κ1) is 20.7. The van der Waals surface area contributed by atoms with Gasteiger partial charge in [0.15, 0.2) is 0 Å². The quantitative estimate of drug-likeness (QED) is 0.807. The molecule has 2 unspecified atom stereocenters. The maximum atomic E-state index is 13.0. The van der Waals surface area contributed by atoms with E-state index >= 15 is 0 Å². The molecule has 0 aromatic carbocycles. The van der Waals surface area contributed by atoms with E-state index in [2.05, 4.69) is 22.5 Å². The molecule has 2 heterocycles. The van der Waals surface area contributed by atoms with Gasteiger partial charge in [-0.05, 0) is 44.1 Å². The van der Waals surface area contributed by atoms with Crippen LogP contribution >= 0.6 is 0 Å². The lowest BCUT2D eigenvalue weighted by Crippen LogP contribution is -2.41. The van der Waals surface area contributed by atoms with Crippen molar-refractivity contribution in [3.63, 3.8) is 0 Å². The lowest BCUT2D eigenvalue weighted by atomic mass is 10.0. The smallest absolute Gasteiger partial charge is 0.253 e. The van der Waals surface area contributed by atoms with Crippen LogP contribution in [0.4, 0.5) is 0 Å². The number of carbonyl (C=O) groups is 2. The Labute approximate surface area is 161 Å². The number of dihydropyridines is 1. The second-order valence-corrected chi connectivity index (χ2v) is 7.29. The molecule has 0 radical (unpaired) electrons. The van der Waals surface area contributed by atoms with E-state index in [1.807, 2.05) is 52.1 Å². The van der Waals surface area contributed by atoms with Gasteiger partial charge in [-0.25, -0.2) is 0 Å². The Morgan fingerprint density at radius 1 is 1.30 bits per heavy atom. The number of nitrogens with zero attached hydrogens (tertiary/aromatic N) is 2. The standard InChI is InChI=1S/C21H30N4O2/c1-7-18-9-8-16(12-22-18)15(5)25(6)21(27)17-10-14(4)23-19(11-17)24-20(26)13(2)3/h8-15,23H,7H2,1-6H3,(H,24,26). The third-order valence-corrected chi connectivity index (χ3v) is 4.74. The average Bonchev–Trinajstić information content (AvgIpc) is 2.65. The number of nitrogens with one attached hydrogen (secondary N) is 2. The van der Waals surface area contributed by atoms with Crippen LogP contribution in [-0.2, 0) is 16.0 Å². The van der Waals surface area contributed by atoms with Crippen molar-refractivity contribution < 1.29 is 9.59 Å². The van der Waals surface area contributed by atoms with Crippen molar-refractivity contribution >= 4 is 11.8 Å². The molecule has 2 N–H and O–H groups in total. The Balaban J connectivity index is 2.15. The van der Waals surface area contributed by atoms with Gasteiger partial charge in [0.05, 0.1) is 6.04 Å². The third kappa shape index (κ3) is 5.18. The molecule has 2 amide bonds. The highest BCUT2D eigenvalue weighted by atomic mass is 16.2. The van der Waals surface area contributed by atoms with E-state index in [9.17, 15) is 9.59 Å². The van der Waals surface area contributed by atoms with E-state index in [-0.39, 0.29) is 29.8 Å². The Kier molecular flexibility index (Phi) is 6.77. The number of aromatic nitrogens is 1. The van der Waals surface area contributed by atoms with Crippen molar-refractivity contribution in [3.8, 4) is 0 Å². The maximum Gasteiger partial charge on any atom is 0.253 e. The molecule has 6 nitrogen and oxygen atoms in total. The van der Waals surface area contributed by atoms with Gasteiger partial charge in [-0.3, -0.25) is 14.6 Å². The van der Waals surface area contributed by atoms with Gasteiger partial charge in [0.2, 0.25) is 5.91 Å². The van der Waals surface area contributed by atoms with Gasteiger partial charge in [-0.1, -0.05) is 26.8 Å². The summed E-state index contributed by atoms with van der Waals surface area (Å²) in [7, 11) is 1.79. The largest absolute Gasteiger partial charge is 0.366 e. The van der Waals surface area contributed by atoms with Crippen molar-refractivity contribution in [1.29, 1.82) is 0 Å². The molecule has 2 rings (SSSR count). The van der Waals surface area contributed by atoms with Crippen LogP contribution in [0, 0.1) is 5.92 Å². The van der Waals surface area contributed by atoms with Crippen molar-refractivity contribution in [2.45, 2.75) is 53.1 Å². The van der Waals surface area contributed by atoms with E-state index in [0.717, 1.165) is 17.7 Å². The van der Waals surface area contributed by atoms with Crippen LogP contribution in [0.2, 0.25) is 0 Å². The Hall–Kier alpha value is -2.63. The minimum atomic E-state index is -0.130. The van der Waals surface area contributed by atoms with Crippen molar-refractivity contribution in [1.82, 2.24) is 20.5 Å². The van der Waals surface area contributed by atoms with E-state index in [4.69, 9.17) is 0 Å². The maximum absolute atomic E-state index is 13.0. The van der Waals surface area contributed by atoms with Crippen LogP contribution in [0.1, 0.15) is 51.9 Å². The zero-order chi connectivity index (χ0) is 20.1. The van der Waals surface area contributed by atoms with Gasteiger partial charge in [0.25, 0.3) is 5.91 Å². The summed E-state index contributed by atoms with van der Waals surface area (Å²) in [6, 6.07) is 3.86. The second kappa shape index (κ2) is 8.84. The van der Waals surface area contributed by atoms with Gasteiger partial charge in [-0.2, -0.15) is 0 Å². The monoisotopic (exact) mass is 370 g/mol. The molecule has 1 aromatic rings. The van der Waals surface area contributed by atoms with Crippen LogP contribution in [-0.4, -0.2) is 34.8 Å². The summed E-state index contributed by atoms with van der Waals surface area (Å²) in [5.41, 5.74) is 2.58. The van der Waals surface area contributed by atoms with Crippen LogP contribution in [0.25, 0.3) is 0 Å². The summed E-state index contributed by atoms with van der Waals surface area (Å²) in [6.45, 7) is 9.65. The third-order valence-electron chi connectivity index (χ3n) is 4.74. The molecular weight excluding hydrogens is 340 g/mol. The highest BCUT2D eigenvalue weighted by Crippen LogP contribution is 2.22. The fourth-order valence-electron chi connectivity index (χ4n) is 2.78. The van der Waals surface area contributed by atoms with Crippen molar-refractivity contribution in [2.75, 3.05) is 7.05 Å². The van der Waals surface area contributed by atoms with E-state index in [1.165, 1.54) is 0 Å². The minimum absolute atomic E-state index is 0.0503. The van der Waals surface area contributed by atoms with E-state index in [1.54, 1.807) is 18.0 Å². The highest BCUT2D eigenvalue weighted by molar-refractivity contribution is 5.97. The summed E-state index contributed by atoms with van der Waals surface area (Å²) in [5, 5.41) is 6.01. The number of hydrogen-bond donors (Lipinski definition) is 2. The Morgan fingerprint density at radius 2 is 2.00 bits per heavy atom. The molecule has 0 fully saturated rings. The Bertz CT molecular complexity index is 750. The lowest BCUT2D eigenvalue weighted by molar-refractivity contribution is -0.127. The van der Waals surface area contributed by atoms with E-state index < -0.39 is 0 Å². The summed E-state index contributed by atoms with van der Waals surface area (Å²) in [5.74, 6) is 0.251. The number of aryl methyl sites for hydroxylation is 1. The summed E-state index contributed by atoms with van der Waals surface area (Å²) in [4.78, 5) is 31.1. The van der Waals surface area contributed by atoms with Gasteiger partial charge < -0.3 is 15.5 Å². The van der Waals surface area contributed by atoms with Gasteiger partial charge >= 0.3 is 0 Å². The molecule has 1 aliphatic heterocycles. The summed E-state index contributed by atoms with van der Waals surface area (Å²) >= 11 is 0. The fraction of sp³-hybridized carbons (Fsp3) is 0.476. The molecule has 6 heteroatoms. The number of hydrogen-bond acceptors (Lipinski definition) is 4. The molecule has 146 valence electrons. The minimum Gasteiger partial charge on any atom is -0.366 e. The summed E-state index contributed by atoms with van der Waals surface area (Å²) in [6.07, 6.45) is 6.28. The molecule has 0 bridgehead atoms. The molecule has 0 saturated carbocycles. The molecule has 1 aromatic heterocycles. The molecule has 0 spiro atoms. The predicted molar refractivity (Wildman–Crippen MR) is 107 cm³/mol. The fourth-order valence-corrected chi connectivity index (χ4v) is 2.78. The van der Waals surface area contributed by atoms with E-state index in [0.29, 0.717) is 11.4 Å². The first-order valence-electron chi connectivity index (χ1n) is 9.45. The van der Waals surface area contributed by atoms with Crippen LogP contribution in [0.15, 0.2) is 41.9 Å². The highest BCUT2D eigenvalue weighted by Gasteiger charge is 2.24. The lowest BCUT2D eigenvalue weighted by Gasteiger charge is -2.28. The zero-order valence-corrected chi connectivity index (χ0v) is 17.0. The van der Waals surface area contributed by atoms with Gasteiger partial charge in [0.1, 0.15) is 5.82 Å². The van der Waals surface area contributed by atoms with Gasteiger partial charge in [0, 0.05) is 36.5 Å². The van der Waals surface area contributed by atoms with Gasteiger partial charge in [-0.15, -0.1) is 0 Å². The molecule has 27 heavy (non-hydrogen) atoms. The second-order valence-electron chi connectivity index (χ2n) is 7.29. The molecule has 0 saturated heterocycles. The number of pyridine rings is 1. The normalized spacial score (nSPS) is 17.5. The van der Waals surface area contributed by atoms with Crippen molar-refractivity contribution in [2.24, 2.45) is 5.92 Å². The average molecular weight is 370 g/mol.